The molecule has 1 aromatic rings. The van der Waals surface area contributed by atoms with Gasteiger partial charge in [-0.3, -0.25) is 0 Å². The molecule has 0 aromatic carbocycles. The molecule has 0 atom stereocenters. The molecule has 0 fully saturated rings. The van der Waals surface area contributed by atoms with Gasteiger partial charge in [-0.1, -0.05) is 0 Å². The smallest absolute Gasteiger partial charge is 0.244 e. The monoisotopic (exact) mass is 167 g/mol. The maximum absolute atomic E-state index is 5.44. The molecule has 1 aliphatic rings. The molecule has 0 spiro atoms. The third kappa shape index (κ3) is 0.884. The molecule has 0 unspecified atom stereocenters. The van der Waals surface area contributed by atoms with Gasteiger partial charge < -0.3 is 21.1 Å². The number of nitrogens with one attached hydrogen (secondary N) is 2. The highest BCUT2D eigenvalue weighted by Crippen LogP contribution is 2.32. The number of nitrogen functional groups attached to an aromatic ring is 1. The summed E-state index contributed by atoms with van der Waals surface area (Å²) in [5.74, 6) is 1.38. The first-order chi connectivity index (χ1) is 5.81. The summed E-state index contributed by atoms with van der Waals surface area (Å²) >= 11 is 0. The number of rotatable bonds is 1. The van der Waals surface area contributed by atoms with Gasteiger partial charge >= 0.3 is 0 Å². The topological polar surface area (TPSA) is 85.1 Å². The molecule has 64 valence electrons. The molecule has 1 aromatic heterocycles. The lowest BCUT2D eigenvalue weighted by Gasteiger charge is -2.04. The Morgan fingerprint density at radius 2 is 2.25 bits per heavy atom. The molecular formula is C6H9N5O. The van der Waals surface area contributed by atoms with Crippen LogP contribution in [0.25, 0.3) is 0 Å². The summed E-state index contributed by atoms with van der Waals surface area (Å²) in [6.07, 6.45) is 0. The number of nitrogens with zero attached hydrogens (tertiary/aromatic N) is 2. The quantitative estimate of drug-likeness (QED) is 0.540. The van der Waals surface area contributed by atoms with Crippen LogP contribution in [0.1, 0.15) is 0 Å². The molecular weight excluding hydrogens is 158 g/mol. The molecule has 0 amide bonds. The molecule has 2 heterocycles. The Hall–Kier alpha value is -1.72. The van der Waals surface area contributed by atoms with Gasteiger partial charge in [-0.05, 0) is 0 Å². The van der Waals surface area contributed by atoms with Gasteiger partial charge in [0.05, 0.1) is 13.8 Å². The summed E-state index contributed by atoms with van der Waals surface area (Å²) in [6, 6.07) is 0. The van der Waals surface area contributed by atoms with Crippen molar-refractivity contribution < 1.29 is 4.74 Å². The molecule has 0 aliphatic carbocycles. The first-order valence-electron chi connectivity index (χ1n) is 3.50. The first-order valence-corrected chi connectivity index (χ1v) is 3.50. The van der Waals surface area contributed by atoms with E-state index in [4.69, 9.17) is 10.5 Å². The highest BCUT2D eigenvalue weighted by atomic mass is 16.5. The predicted molar refractivity (Wildman–Crippen MR) is 45.1 cm³/mol. The van der Waals surface area contributed by atoms with Crippen molar-refractivity contribution in [2.24, 2.45) is 0 Å². The fourth-order valence-electron chi connectivity index (χ4n) is 1.11. The molecule has 6 heteroatoms. The van der Waals surface area contributed by atoms with Crippen molar-refractivity contribution in [3.8, 4) is 5.88 Å². The van der Waals surface area contributed by atoms with Gasteiger partial charge in [0.1, 0.15) is 5.69 Å². The fourth-order valence-corrected chi connectivity index (χ4v) is 1.11. The lowest BCUT2D eigenvalue weighted by atomic mass is 10.5. The van der Waals surface area contributed by atoms with E-state index >= 15 is 0 Å². The maximum Gasteiger partial charge on any atom is 0.244 e. The van der Waals surface area contributed by atoms with Crippen molar-refractivity contribution >= 4 is 17.5 Å². The largest absolute Gasteiger partial charge is 0.479 e. The van der Waals surface area contributed by atoms with Gasteiger partial charge in [-0.15, -0.1) is 0 Å². The molecule has 2 rings (SSSR count). The van der Waals surface area contributed by atoms with Crippen LogP contribution in [0.2, 0.25) is 0 Å². The lowest BCUT2D eigenvalue weighted by molar-refractivity contribution is 0.400. The standard InChI is InChI=1S/C6H9N5O/c1-12-5-3-4(9-2-8-3)10-6(7)11-5/h8H,2H2,1H3,(H3,7,9,10,11). The van der Waals surface area contributed by atoms with E-state index < -0.39 is 0 Å². The minimum Gasteiger partial charge on any atom is -0.479 e. The number of hydrogen-bond donors (Lipinski definition) is 3. The van der Waals surface area contributed by atoms with Crippen molar-refractivity contribution in [1.82, 2.24) is 9.97 Å². The summed E-state index contributed by atoms with van der Waals surface area (Å²) < 4.78 is 5.00. The SMILES string of the molecule is COc1nc(N)nc2c1NCN2. The highest BCUT2D eigenvalue weighted by Gasteiger charge is 2.17. The molecule has 0 radical (unpaired) electrons. The third-order valence-electron chi connectivity index (χ3n) is 1.61. The van der Waals surface area contributed by atoms with E-state index in [-0.39, 0.29) is 5.95 Å². The van der Waals surface area contributed by atoms with E-state index in [1.807, 2.05) is 0 Å². The number of aromatic nitrogens is 2. The van der Waals surface area contributed by atoms with Crippen molar-refractivity contribution in [3.63, 3.8) is 0 Å². The second-order valence-electron chi connectivity index (χ2n) is 2.35. The van der Waals surface area contributed by atoms with Gasteiger partial charge in [-0.25, -0.2) is 0 Å². The van der Waals surface area contributed by atoms with E-state index in [2.05, 4.69) is 20.6 Å². The number of nitrogens with two attached hydrogens (primary N) is 1. The second-order valence-corrected chi connectivity index (χ2v) is 2.35. The first kappa shape index (κ1) is 6.96. The summed E-state index contributed by atoms with van der Waals surface area (Å²) in [6.45, 7) is 0.629. The lowest BCUT2D eigenvalue weighted by Crippen LogP contribution is -2.00. The summed E-state index contributed by atoms with van der Waals surface area (Å²) in [5, 5.41) is 6.02. The Morgan fingerprint density at radius 3 is 3.00 bits per heavy atom. The second kappa shape index (κ2) is 2.40. The Labute approximate surface area is 69.1 Å². The van der Waals surface area contributed by atoms with Crippen LogP contribution < -0.4 is 21.1 Å². The fraction of sp³-hybridized carbons (Fsp3) is 0.333. The van der Waals surface area contributed by atoms with E-state index in [1.165, 1.54) is 0 Å². The van der Waals surface area contributed by atoms with Crippen LogP contribution in [0.5, 0.6) is 5.88 Å². The Kier molecular flexibility index (Phi) is 1.39. The zero-order valence-electron chi connectivity index (χ0n) is 6.59. The highest BCUT2D eigenvalue weighted by molar-refractivity contribution is 5.75. The van der Waals surface area contributed by atoms with Crippen molar-refractivity contribution in [2.45, 2.75) is 0 Å². The molecule has 0 saturated heterocycles. The number of fused-ring (bicyclic) bond motifs is 1. The molecule has 12 heavy (non-hydrogen) atoms. The van der Waals surface area contributed by atoms with Crippen LogP contribution in [-0.2, 0) is 0 Å². The van der Waals surface area contributed by atoms with Gasteiger partial charge in [-0.2, -0.15) is 9.97 Å². The van der Waals surface area contributed by atoms with Gasteiger partial charge in [0.15, 0.2) is 5.82 Å². The Bertz CT molecular complexity index is 313. The maximum atomic E-state index is 5.44. The van der Waals surface area contributed by atoms with Crippen molar-refractivity contribution in [3.05, 3.63) is 0 Å². The van der Waals surface area contributed by atoms with Gasteiger partial charge in [0.25, 0.3) is 0 Å². The van der Waals surface area contributed by atoms with Crippen LogP contribution in [0.4, 0.5) is 17.5 Å². The van der Waals surface area contributed by atoms with Crippen LogP contribution in [0, 0.1) is 0 Å². The van der Waals surface area contributed by atoms with Gasteiger partial charge in [0, 0.05) is 0 Å². The predicted octanol–water partition coefficient (Wildman–Crippen LogP) is -0.138. The molecule has 6 nitrogen and oxygen atoms in total. The summed E-state index contributed by atoms with van der Waals surface area (Å²) in [7, 11) is 1.54. The Balaban J connectivity index is 2.55. The average Bonchev–Trinajstić information content (AvgIpc) is 2.50. The van der Waals surface area contributed by atoms with E-state index in [0.717, 1.165) is 5.69 Å². The number of ether oxygens (including phenoxy) is 1. The normalized spacial score (nSPS) is 13.1. The van der Waals surface area contributed by atoms with E-state index in [9.17, 15) is 0 Å². The molecule has 0 saturated carbocycles. The van der Waals surface area contributed by atoms with Crippen LogP contribution in [-0.4, -0.2) is 23.7 Å². The zero-order chi connectivity index (χ0) is 8.55. The molecule has 1 aliphatic heterocycles. The van der Waals surface area contributed by atoms with Crippen molar-refractivity contribution in [1.29, 1.82) is 0 Å². The Morgan fingerprint density at radius 1 is 1.42 bits per heavy atom. The summed E-state index contributed by atoms with van der Waals surface area (Å²) in [5.41, 5.74) is 6.21. The summed E-state index contributed by atoms with van der Waals surface area (Å²) in [4.78, 5) is 7.88. The molecule has 4 N–H and O–H groups in total. The van der Waals surface area contributed by atoms with Gasteiger partial charge in [0.2, 0.25) is 11.8 Å². The molecule has 0 bridgehead atoms. The third-order valence-corrected chi connectivity index (χ3v) is 1.61. The number of methoxy groups -OCH3 is 1. The van der Waals surface area contributed by atoms with E-state index in [0.29, 0.717) is 18.4 Å². The van der Waals surface area contributed by atoms with Crippen LogP contribution >= 0.6 is 0 Å². The van der Waals surface area contributed by atoms with Crippen molar-refractivity contribution in [2.75, 3.05) is 30.1 Å². The average molecular weight is 167 g/mol. The number of anilines is 3. The minimum absolute atomic E-state index is 0.210. The van der Waals surface area contributed by atoms with Crippen LogP contribution in [0.3, 0.4) is 0 Å². The van der Waals surface area contributed by atoms with Crippen LogP contribution in [0.15, 0.2) is 0 Å². The number of hydrogen-bond acceptors (Lipinski definition) is 6. The minimum atomic E-state index is 0.210. The van der Waals surface area contributed by atoms with E-state index in [1.54, 1.807) is 7.11 Å². The zero-order valence-corrected chi connectivity index (χ0v) is 6.59.